The van der Waals surface area contributed by atoms with Crippen molar-refractivity contribution in [3.05, 3.63) is 207 Å². The second-order valence-corrected chi connectivity index (χ2v) is 38.8. The maximum Gasteiger partial charge on any atom is 0.295 e. The first-order valence-corrected chi connectivity index (χ1v) is 47.7. The lowest BCUT2D eigenvalue weighted by molar-refractivity contribution is -0.119. The monoisotopic (exact) mass is 1950 g/mol. The second kappa shape index (κ2) is 47.2. The number of aromatic nitrogens is 16. The number of aromatic amines is 4. The fraction of sp³-hybridized carbons (Fsp3) is 0.377. The van der Waals surface area contributed by atoms with Crippen molar-refractivity contribution in [3.63, 3.8) is 0 Å². The lowest BCUT2D eigenvalue weighted by Gasteiger charge is -2.22. The molecule has 4 aromatic carbocycles. The smallest absolute Gasteiger partial charge is 0.295 e. The number of aryl methyl sites for hydroxylation is 1. The third-order valence-corrected chi connectivity index (χ3v) is 26.7. The first kappa shape index (κ1) is 102. The molecule has 129 heavy (non-hydrogen) atoms. The highest BCUT2D eigenvalue weighted by Crippen LogP contribution is 2.47. The third kappa shape index (κ3) is 31.0. The first-order valence-electron chi connectivity index (χ1n) is 39.3. The number of nitrogens with two attached hydrogens (primary N) is 4. The highest BCUT2D eigenvalue weighted by Gasteiger charge is 2.33. The summed E-state index contributed by atoms with van der Waals surface area (Å²) in [5.41, 5.74) is 25.4. The van der Waals surface area contributed by atoms with Crippen LogP contribution in [0.2, 0.25) is 5.02 Å². The summed E-state index contributed by atoms with van der Waals surface area (Å²) < 4.78 is 132. The number of ether oxygens (including phenoxy) is 4. The van der Waals surface area contributed by atoms with Crippen LogP contribution >= 0.6 is 57.6 Å². The molecule has 12 rings (SSSR count). The molecular weight excluding hydrogens is 1860 g/mol. The van der Waals surface area contributed by atoms with Gasteiger partial charge in [0.25, 0.3) is 52.3 Å². The van der Waals surface area contributed by atoms with Crippen molar-refractivity contribution in [2.45, 2.75) is 139 Å². The van der Waals surface area contributed by atoms with E-state index in [1.54, 1.807) is 95.4 Å². The van der Waals surface area contributed by atoms with E-state index in [2.05, 4.69) is 96.1 Å². The van der Waals surface area contributed by atoms with Gasteiger partial charge in [-0.25, -0.2) is 49.1 Å². The van der Waals surface area contributed by atoms with E-state index in [1.807, 2.05) is 24.3 Å². The van der Waals surface area contributed by atoms with Crippen LogP contribution in [0.15, 0.2) is 140 Å². The summed E-state index contributed by atoms with van der Waals surface area (Å²) in [4.78, 5) is 136. The van der Waals surface area contributed by atoms with E-state index in [0.717, 1.165) is 15.6 Å². The lowest BCUT2D eigenvalue weighted by Crippen LogP contribution is -2.32. The van der Waals surface area contributed by atoms with Crippen molar-refractivity contribution < 1.29 is 83.3 Å². The Labute approximate surface area is 747 Å². The van der Waals surface area contributed by atoms with Gasteiger partial charge in [-0.05, 0) is 133 Å². The highest BCUT2D eigenvalue weighted by molar-refractivity contribution is 9.10. The number of rotatable bonds is 44. The number of benzene rings is 4. The molecule has 694 valence electrons. The zero-order valence-corrected chi connectivity index (χ0v) is 77.2. The number of H-pyrrole nitrogens is 4. The Morgan fingerprint density at radius 1 is 0.426 bits per heavy atom. The molecule has 0 aliphatic rings. The molecule has 0 saturated carbocycles. The van der Waals surface area contributed by atoms with Gasteiger partial charge in [0.1, 0.15) is 60.2 Å². The number of nitrogen functional groups attached to an aromatic ring is 4. The van der Waals surface area contributed by atoms with Crippen LogP contribution in [0.5, 0.6) is 0 Å². The number of carbonyl (C=O) groups is 4. The van der Waals surface area contributed by atoms with Crippen LogP contribution in [0.4, 0.5) is 32.6 Å². The minimum atomic E-state index is -3.62. The number of nitrogens with one attached hydrogen (secondary N) is 8. The Morgan fingerprint density at radius 3 is 0.984 bits per heavy atom. The maximum absolute atomic E-state index is 13.8. The molecule has 8 aromatic heterocycles. The lowest BCUT2D eigenvalue weighted by atomic mass is 10.1. The van der Waals surface area contributed by atoms with E-state index in [1.165, 1.54) is 77.3 Å². The van der Waals surface area contributed by atoms with Crippen LogP contribution < -0.4 is 65.5 Å². The SMILES string of the molecule is CC(=O)[C@H](C)NP(=O)(COCCn1cnc2c(=O)[nH]c(N)nc21)OCc1ccc(C)c(F)c1.CC(=O)[C@H](C)NP(=O)(COCCn1cnc2c(=O)[nH]c(N)nc21)OCc1cccc(Br)c1.CC(=O)[C@H](C)NP(=O)(COCCn1cnc2c(=O)[nH]c(N)nc21)OCc1cccc(Cl)c1.CC(=O)[C@H](C)NP(=O)(COCCn1cnc2c(=O)[nH]c(N)nc21)OCc1cccc(F)c1. The van der Waals surface area contributed by atoms with Crippen molar-refractivity contribution in [1.82, 2.24) is 98.4 Å². The van der Waals surface area contributed by atoms with E-state index >= 15 is 0 Å². The van der Waals surface area contributed by atoms with Gasteiger partial charge in [0.05, 0.1) is 102 Å². The number of ketones is 4. The molecule has 44 nitrogen and oxygen atoms in total. The van der Waals surface area contributed by atoms with Gasteiger partial charge in [0.15, 0.2) is 44.7 Å². The Balaban J connectivity index is 0.000000194. The predicted octanol–water partition coefficient (Wildman–Crippen LogP) is 8.61. The first-order chi connectivity index (χ1) is 61.1. The zero-order chi connectivity index (χ0) is 94.1. The topological polar surface area (TPSA) is 617 Å². The molecule has 8 atom stereocenters. The third-order valence-electron chi connectivity index (χ3n) is 18.6. The van der Waals surface area contributed by atoms with Gasteiger partial charge in [-0.1, -0.05) is 76.1 Å². The second-order valence-electron chi connectivity index (χ2n) is 29.0. The van der Waals surface area contributed by atoms with Gasteiger partial charge >= 0.3 is 0 Å². The summed E-state index contributed by atoms with van der Waals surface area (Å²) in [6, 6.07) is 21.9. The molecule has 0 saturated heterocycles. The normalized spacial score (nSPS) is 14.3. The maximum atomic E-state index is 13.8. The van der Waals surface area contributed by atoms with E-state index in [-0.39, 0.29) is 167 Å². The molecule has 8 heterocycles. The van der Waals surface area contributed by atoms with E-state index in [0.29, 0.717) is 50.8 Å². The number of imidazole rings is 4. The Kier molecular flexibility index (Phi) is 37.3. The van der Waals surface area contributed by atoms with Crippen LogP contribution in [0.3, 0.4) is 0 Å². The van der Waals surface area contributed by atoms with Crippen molar-refractivity contribution >= 4 is 149 Å². The van der Waals surface area contributed by atoms with Gasteiger partial charge in [0.2, 0.25) is 23.8 Å². The molecule has 52 heteroatoms. The molecule has 0 aliphatic carbocycles. The van der Waals surface area contributed by atoms with Crippen molar-refractivity contribution in [2.75, 3.05) is 74.8 Å². The number of anilines is 4. The number of fused-ring (bicyclic) bond motifs is 4. The van der Waals surface area contributed by atoms with Crippen LogP contribution in [0, 0.1) is 18.6 Å². The minimum absolute atomic E-state index is 0.0157. The summed E-state index contributed by atoms with van der Waals surface area (Å²) in [5.74, 6) is -1.76. The highest BCUT2D eigenvalue weighted by atomic mass is 79.9. The van der Waals surface area contributed by atoms with Crippen LogP contribution in [0.1, 0.15) is 83.2 Å². The molecule has 4 unspecified atom stereocenters. The summed E-state index contributed by atoms with van der Waals surface area (Å²) in [6.07, 6.45) is 4.57. The van der Waals surface area contributed by atoms with Crippen LogP contribution in [-0.4, -0.2) is 177 Å². The fourth-order valence-electron chi connectivity index (χ4n) is 11.2. The van der Waals surface area contributed by atoms with Gasteiger partial charge in [-0.3, -0.25) is 76.6 Å². The average Bonchev–Trinajstić information content (AvgIpc) is 1.67. The summed E-state index contributed by atoms with van der Waals surface area (Å²) in [7, 11) is -14.3. The molecular formula is C77H98BrClF2N24O20P4. The molecule has 0 bridgehead atoms. The Bertz CT molecular complexity index is 5970. The number of halogens is 4. The largest absolute Gasteiger partial charge is 0.369 e. The number of hydrogen-bond donors (Lipinski definition) is 12. The van der Waals surface area contributed by atoms with Crippen molar-refractivity contribution in [1.29, 1.82) is 0 Å². The zero-order valence-electron chi connectivity index (χ0n) is 71.2. The number of nitrogens with zero attached hydrogens (tertiary/aromatic N) is 12. The standard InChI is InChI=1S/C20H26FN6O5P.C19H24BrN6O5P.C19H24ClN6O5P.C19H24FN6O5P/c1-12-4-5-15(8-16(12)21)9-32-33(30,26-13(2)14(3)28)11-31-7-6-27-10-23-17-18(27)24-20(22)25-19(17)29;3*1-12(13(2)27)25-32(29,31-9-14-4-3-5-15(20)8-14)11-30-7-6-26-10-22-16-17(26)23-19(21)24-18(16)28/h4-5,8,10,13H,6-7,9,11H2,1-3H3,(H,26,30)(H3,22,24,25,29);3*3-5,8,10,12H,6-7,9,11H2,1-2H3,(H,25,29)(H3,21,23,24,28)/t13-,33?;3*12-,32?/m0000/s1. The Hall–Kier alpha value is -10.8. The van der Waals surface area contributed by atoms with Gasteiger partial charge in [-0.2, -0.15) is 19.9 Å². The molecule has 0 radical (unpaired) electrons. The van der Waals surface area contributed by atoms with Crippen molar-refractivity contribution in [2.24, 2.45) is 0 Å². The number of hydrogen-bond acceptors (Lipinski definition) is 32. The minimum Gasteiger partial charge on any atom is -0.369 e. The molecule has 16 N–H and O–H groups in total. The van der Waals surface area contributed by atoms with E-state index in [9.17, 15) is 65.4 Å². The fourth-order valence-corrected chi connectivity index (χ4v) is 18.8. The van der Waals surface area contributed by atoms with Crippen molar-refractivity contribution in [3.8, 4) is 0 Å². The summed E-state index contributed by atoms with van der Waals surface area (Å²) >= 11 is 9.37. The molecule has 0 aliphatic heterocycles. The molecule has 0 spiro atoms. The van der Waals surface area contributed by atoms with Gasteiger partial charge in [-0.15, -0.1) is 0 Å². The molecule has 0 amide bonds. The molecule has 0 fully saturated rings. The van der Waals surface area contributed by atoms with E-state index < -0.39 is 88.1 Å². The predicted molar refractivity (Wildman–Crippen MR) is 479 cm³/mol. The quantitative estimate of drug-likeness (QED) is 0.0125. The number of Topliss-reactive ketones (excluding diaryl/α,β-unsaturated/α-hetero) is 4. The van der Waals surface area contributed by atoms with Gasteiger partial charge in [0, 0.05) is 35.7 Å². The average molecular weight is 1960 g/mol. The summed E-state index contributed by atoms with van der Waals surface area (Å²) in [6.45, 7) is 14.8. The van der Waals surface area contributed by atoms with Crippen LogP contribution in [0.25, 0.3) is 44.7 Å². The molecule has 12 aromatic rings. The van der Waals surface area contributed by atoms with Gasteiger partial charge < -0.3 is 78.2 Å². The van der Waals surface area contributed by atoms with Crippen LogP contribution in [-0.2, 0) is 127 Å². The van der Waals surface area contributed by atoms with E-state index in [4.69, 9.17) is 71.6 Å². The Morgan fingerprint density at radius 2 is 0.705 bits per heavy atom. The summed E-state index contributed by atoms with van der Waals surface area (Å²) in [5, 5.41) is 11.4. The number of carbonyl (C=O) groups excluding carboxylic acids is 4.